The molecule has 3 fully saturated rings. The highest BCUT2D eigenvalue weighted by atomic mass is 16.7. The Kier molecular flexibility index (Phi) is 8.99. The molecule has 3 aliphatic heterocycles. The van der Waals surface area contributed by atoms with Crippen LogP contribution < -0.4 is 15.5 Å². The molecular weight excluding hydrogens is 594 g/mol. The van der Waals surface area contributed by atoms with E-state index in [2.05, 4.69) is 37.6 Å². The first-order valence-corrected chi connectivity index (χ1v) is 16.2. The molecule has 3 unspecified atom stereocenters. The Labute approximate surface area is 274 Å². The molecule has 3 N–H and O–H groups in total. The summed E-state index contributed by atoms with van der Waals surface area (Å²) in [6.45, 7) is 2.74. The summed E-state index contributed by atoms with van der Waals surface area (Å²) in [5.74, 6) is -0.143. The standard InChI is InChI=1S/C37H39N5O5/c43-24-26-11-13-27(14-12-26)33-21-32(23-41-18-15-37(16-19-41)36(45)39-25-42(37)31-9-2-1-3-10-31)46-35(47-33)28-6-4-8-30(20-28)40-34(44)29-7-5-17-38-22-29/h1-14,17,20,22,32-33,35,43H,15-16,18-19,21,23-25H2,(H,39,45)(H,40,44). The van der Waals surface area contributed by atoms with Crippen molar-refractivity contribution in [2.24, 2.45) is 0 Å². The third-order valence-corrected chi connectivity index (χ3v) is 9.51. The summed E-state index contributed by atoms with van der Waals surface area (Å²) in [5.41, 5.74) is 4.27. The van der Waals surface area contributed by atoms with E-state index >= 15 is 0 Å². The predicted octanol–water partition coefficient (Wildman–Crippen LogP) is 4.80. The third-order valence-electron chi connectivity index (χ3n) is 9.51. The maximum absolute atomic E-state index is 13.2. The molecule has 3 atom stereocenters. The van der Waals surface area contributed by atoms with Crippen LogP contribution in [0.3, 0.4) is 0 Å². The van der Waals surface area contributed by atoms with Crippen LogP contribution in [0.1, 0.15) is 58.7 Å². The van der Waals surface area contributed by atoms with Gasteiger partial charge in [0.15, 0.2) is 6.29 Å². The number of likely N-dealkylation sites (tertiary alicyclic amines) is 1. The van der Waals surface area contributed by atoms with Crippen molar-refractivity contribution in [3.63, 3.8) is 0 Å². The van der Waals surface area contributed by atoms with Gasteiger partial charge >= 0.3 is 0 Å². The molecule has 3 aromatic carbocycles. The molecule has 7 rings (SSSR count). The quantitative estimate of drug-likeness (QED) is 0.254. The van der Waals surface area contributed by atoms with Crippen molar-refractivity contribution in [3.8, 4) is 0 Å². The Morgan fingerprint density at radius 1 is 0.957 bits per heavy atom. The maximum atomic E-state index is 13.2. The summed E-state index contributed by atoms with van der Waals surface area (Å²) in [5, 5.41) is 15.6. The highest BCUT2D eigenvalue weighted by molar-refractivity contribution is 6.04. The molecular formula is C37H39N5O5. The lowest BCUT2D eigenvalue weighted by atomic mass is 9.85. The summed E-state index contributed by atoms with van der Waals surface area (Å²) in [6.07, 6.45) is 4.25. The topological polar surface area (TPSA) is 116 Å². The lowest BCUT2D eigenvalue weighted by molar-refractivity contribution is -0.253. The zero-order chi connectivity index (χ0) is 32.2. The van der Waals surface area contributed by atoms with Crippen molar-refractivity contribution < 1.29 is 24.2 Å². The van der Waals surface area contributed by atoms with Crippen molar-refractivity contribution in [2.45, 2.75) is 49.9 Å². The van der Waals surface area contributed by atoms with Crippen LogP contribution in [0.4, 0.5) is 11.4 Å². The molecule has 1 spiro atoms. The molecule has 3 aliphatic rings. The second-order valence-electron chi connectivity index (χ2n) is 12.4. The van der Waals surface area contributed by atoms with Crippen molar-refractivity contribution in [1.82, 2.24) is 15.2 Å². The van der Waals surface area contributed by atoms with E-state index in [4.69, 9.17) is 9.47 Å². The lowest BCUT2D eigenvalue weighted by Gasteiger charge is -2.45. The Bertz CT molecular complexity index is 1680. The van der Waals surface area contributed by atoms with E-state index < -0.39 is 11.8 Å². The fourth-order valence-electron chi connectivity index (χ4n) is 6.92. The number of para-hydroxylation sites is 1. The number of aromatic nitrogens is 1. The summed E-state index contributed by atoms with van der Waals surface area (Å²) in [6, 6.07) is 29.0. The second-order valence-corrected chi connectivity index (χ2v) is 12.4. The third kappa shape index (κ3) is 6.63. The summed E-state index contributed by atoms with van der Waals surface area (Å²) in [7, 11) is 0. The number of carbonyl (C=O) groups excluding carboxylic acids is 2. The Hall–Kier alpha value is -4.61. The van der Waals surface area contributed by atoms with E-state index in [1.807, 2.05) is 66.7 Å². The molecule has 4 heterocycles. The molecule has 47 heavy (non-hydrogen) atoms. The van der Waals surface area contributed by atoms with Crippen molar-refractivity contribution >= 4 is 23.2 Å². The predicted molar refractivity (Wildman–Crippen MR) is 177 cm³/mol. The van der Waals surface area contributed by atoms with Crippen LogP contribution in [0.2, 0.25) is 0 Å². The van der Waals surface area contributed by atoms with Crippen LogP contribution in [0.5, 0.6) is 0 Å². The number of nitrogens with one attached hydrogen (secondary N) is 2. The smallest absolute Gasteiger partial charge is 0.257 e. The van der Waals surface area contributed by atoms with E-state index in [0.29, 0.717) is 30.9 Å². The van der Waals surface area contributed by atoms with E-state index in [1.165, 1.54) is 6.20 Å². The number of carbonyl (C=O) groups is 2. The van der Waals surface area contributed by atoms with Crippen LogP contribution in [-0.2, 0) is 20.9 Å². The van der Waals surface area contributed by atoms with Crippen LogP contribution >= 0.6 is 0 Å². The van der Waals surface area contributed by atoms with Gasteiger partial charge in [-0.25, -0.2) is 0 Å². The minimum Gasteiger partial charge on any atom is -0.392 e. The zero-order valence-corrected chi connectivity index (χ0v) is 26.1. The number of aliphatic hydroxyl groups excluding tert-OH is 1. The Morgan fingerprint density at radius 2 is 1.77 bits per heavy atom. The van der Waals surface area contributed by atoms with E-state index in [9.17, 15) is 14.7 Å². The van der Waals surface area contributed by atoms with Crippen LogP contribution in [0.25, 0.3) is 0 Å². The van der Waals surface area contributed by atoms with Gasteiger partial charge in [-0.05, 0) is 60.4 Å². The van der Waals surface area contributed by atoms with Crippen molar-refractivity contribution in [1.29, 1.82) is 0 Å². The van der Waals surface area contributed by atoms with Crippen LogP contribution in [-0.4, -0.2) is 64.8 Å². The van der Waals surface area contributed by atoms with Crippen molar-refractivity contribution in [3.05, 3.63) is 126 Å². The average molecular weight is 634 g/mol. The number of hydrogen-bond acceptors (Lipinski definition) is 8. The van der Waals surface area contributed by atoms with Gasteiger partial charge in [-0.15, -0.1) is 0 Å². The first-order valence-electron chi connectivity index (χ1n) is 16.2. The van der Waals surface area contributed by atoms with E-state index in [1.54, 1.807) is 18.3 Å². The number of ether oxygens (including phenoxy) is 2. The number of hydrogen-bond donors (Lipinski definition) is 3. The van der Waals surface area contributed by atoms with Gasteiger partial charge in [0.25, 0.3) is 5.91 Å². The molecule has 10 heteroatoms. The zero-order valence-electron chi connectivity index (χ0n) is 26.1. The molecule has 0 aliphatic carbocycles. The number of pyridine rings is 1. The summed E-state index contributed by atoms with van der Waals surface area (Å²) >= 11 is 0. The molecule has 2 amide bonds. The second kappa shape index (κ2) is 13.6. The molecule has 0 bridgehead atoms. The van der Waals surface area contributed by atoms with Gasteiger partial charge in [0.05, 0.1) is 31.0 Å². The van der Waals surface area contributed by atoms with Gasteiger partial charge in [-0.3, -0.25) is 14.6 Å². The van der Waals surface area contributed by atoms with Gasteiger partial charge in [-0.1, -0.05) is 54.6 Å². The number of anilines is 2. The number of rotatable bonds is 8. The first kappa shape index (κ1) is 31.0. The highest BCUT2D eigenvalue weighted by Crippen LogP contribution is 2.40. The Balaban J connectivity index is 1.07. The van der Waals surface area contributed by atoms with Gasteiger partial charge in [0, 0.05) is 55.4 Å². The van der Waals surface area contributed by atoms with Gasteiger partial charge < -0.3 is 35.0 Å². The van der Waals surface area contributed by atoms with Crippen LogP contribution in [0, 0.1) is 0 Å². The van der Waals surface area contributed by atoms with Gasteiger partial charge in [-0.2, -0.15) is 0 Å². The van der Waals surface area contributed by atoms with E-state index in [0.717, 1.165) is 48.3 Å². The molecule has 10 nitrogen and oxygen atoms in total. The summed E-state index contributed by atoms with van der Waals surface area (Å²) in [4.78, 5) is 34.7. The number of amides is 2. The fourth-order valence-corrected chi connectivity index (χ4v) is 6.92. The first-order chi connectivity index (χ1) is 23.0. The normalized spacial score (nSPS) is 22.6. The monoisotopic (exact) mass is 633 g/mol. The van der Waals surface area contributed by atoms with Gasteiger partial charge in [0.2, 0.25) is 5.91 Å². The fraction of sp³-hybridized carbons (Fsp3) is 0.324. The maximum Gasteiger partial charge on any atom is 0.257 e. The molecule has 4 aromatic rings. The number of nitrogens with zero attached hydrogens (tertiary/aromatic N) is 3. The molecule has 242 valence electrons. The lowest BCUT2D eigenvalue weighted by Crippen LogP contribution is -2.57. The molecule has 3 saturated heterocycles. The highest BCUT2D eigenvalue weighted by Gasteiger charge is 2.50. The largest absolute Gasteiger partial charge is 0.392 e. The van der Waals surface area contributed by atoms with Crippen LogP contribution in [0.15, 0.2) is 103 Å². The summed E-state index contributed by atoms with van der Waals surface area (Å²) < 4.78 is 13.2. The molecule has 0 saturated carbocycles. The molecule has 1 aromatic heterocycles. The minimum absolute atomic E-state index is 0.0199. The van der Waals surface area contributed by atoms with Gasteiger partial charge in [0.1, 0.15) is 5.54 Å². The minimum atomic E-state index is -0.656. The average Bonchev–Trinajstić information content (AvgIpc) is 3.44. The Morgan fingerprint density at radius 3 is 2.51 bits per heavy atom. The molecule has 0 radical (unpaired) electrons. The SMILES string of the molecule is O=C(Nc1cccc(C2OC(CN3CCC4(CC3)C(=O)NCN4c3ccccc3)CC(c3ccc(CO)cc3)O2)c1)c1cccnc1. The van der Waals surface area contributed by atoms with Crippen molar-refractivity contribution in [2.75, 3.05) is 36.5 Å². The number of aliphatic hydroxyl groups is 1. The number of piperidine rings is 1. The number of benzene rings is 3. The van der Waals surface area contributed by atoms with E-state index in [-0.39, 0.29) is 30.6 Å².